The predicted octanol–water partition coefficient (Wildman–Crippen LogP) is 4.13. The van der Waals surface area contributed by atoms with E-state index in [1.54, 1.807) is 24.4 Å². The summed E-state index contributed by atoms with van der Waals surface area (Å²) in [6.07, 6.45) is 1.60. The van der Waals surface area contributed by atoms with E-state index in [0.29, 0.717) is 17.0 Å². The van der Waals surface area contributed by atoms with Gasteiger partial charge in [-0.15, -0.1) is 0 Å². The molecule has 0 amide bonds. The maximum atomic E-state index is 12.2. The lowest BCUT2D eigenvalue weighted by atomic mass is 10.1. The van der Waals surface area contributed by atoms with E-state index in [1.165, 1.54) is 0 Å². The van der Waals surface area contributed by atoms with Crippen molar-refractivity contribution in [3.05, 3.63) is 64.1 Å². The number of fused-ring (bicyclic) bond motifs is 1. The first-order valence-corrected chi connectivity index (χ1v) is 6.59. The standard InChI is InChI=1S/C15H10BrNO2/c1-9-2-5-13-10(6-9)7-14(19-13)15(18)12-4-3-11(16)8-17-12/h2-8H,1H3. The number of halogens is 1. The van der Waals surface area contributed by atoms with Gasteiger partial charge in [0.05, 0.1) is 0 Å². The highest BCUT2D eigenvalue weighted by Crippen LogP contribution is 2.22. The molecule has 1 aromatic carbocycles. The van der Waals surface area contributed by atoms with E-state index >= 15 is 0 Å². The number of pyridine rings is 1. The Morgan fingerprint density at radius 3 is 2.79 bits per heavy atom. The Balaban J connectivity index is 2.04. The molecular weight excluding hydrogens is 306 g/mol. The minimum Gasteiger partial charge on any atom is -0.453 e. The third-order valence-electron chi connectivity index (χ3n) is 2.86. The Labute approximate surface area is 118 Å². The van der Waals surface area contributed by atoms with Gasteiger partial charge in [0.25, 0.3) is 0 Å². The molecule has 0 aliphatic rings. The van der Waals surface area contributed by atoms with Gasteiger partial charge < -0.3 is 4.42 Å². The second kappa shape index (κ2) is 4.63. The van der Waals surface area contributed by atoms with E-state index in [9.17, 15) is 4.79 Å². The number of benzene rings is 1. The SMILES string of the molecule is Cc1ccc2oc(C(=O)c3ccc(Br)cn3)cc2c1. The van der Waals surface area contributed by atoms with Gasteiger partial charge in [-0.3, -0.25) is 9.78 Å². The van der Waals surface area contributed by atoms with E-state index in [2.05, 4.69) is 20.9 Å². The number of aromatic nitrogens is 1. The van der Waals surface area contributed by atoms with Gasteiger partial charge >= 0.3 is 0 Å². The fourth-order valence-corrected chi connectivity index (χ4v) is 2.15. The molecule has 0 unspecified atom stereocenters. The highest BCUT2D eigenvalue weighted by Gasteiger charge is 2.15. The first-order valence-electron chi connectivity index (χ1n) is 5.80. The van der Waals surface area contributed by atoms with Crippen LogP contribution in [-0.2, 0) is 0 Å². The van der Waals surface area contributed by atoms with Crippen LogP contribution < -0.4 is 0 Å². The molecule has 0 saturated heterocycles. The molecule has 4 heteroatoms. The number of rotatable bonds is 2. The van der Waals surface area contributed by atoms with Crippen LogP contribution in [-0.4, -0.2) is 10.8 Å². The van der Waals surface area contributed by atoms with Gasteiger partial charge in [0.1, 0.15) is 11.3 Å². The maximum Gasteiger partial charge on any atom is 0.246 e. The largest absolute Gasteiger partial charge is 0.453 e. The quantitative estimate of drug-likeness (QED) is 0.668. The zero-order valence-corrected chi connectivity index (χ0v) is 11.8. The van der Waals surface area contributed by atoms with Crippen molar-refractivity contribution in [2.45, 2.75) is 6.92 Å². The fourth-order valence-electron chi connectivity index (χ4n) is 1.91. The normalized spacial score (nSPS) is 10.8. The van der Waals surface area contributed by atoms with Crippen molar-refractivity contribution in [3.8, 4) is 0 Å². The van der Waals surface area contributed by atoms with Crippen molar-refractivity contribution in [2.75, 3.05) is 0 Å². The third kappa shape index (κ3) is 2.31. The van der Waals surface area contributed by atoms with Gasteiger partial charge in [0.2, 0.25) is 5.78 Å². The number of carbonyl (C=O) groups excluding carboxylic acids is 1. The Bertz CT molecular complexity index is 759. The summed E-state index contributed by atoms with van der Waals surface area (Å²) < 4.78 is 6.41. The minimum absolute atomic E-state index is 0.207. The van der Waals surface area contributed by atoms with Gasteiger partial charge in [-0.05, 0) is 53.2 Å². The van der Waals surface area contributed by atoms with Gasteiger partial charge in [0, 0.05) is 16.1 Å². The summed E-state index contributed by atoms with van der Waals surface area (Å²) >= 11 is 3.29. The smallest absolute Gasteiger partial charge is 0.246 e. The van der Waals surface area contributed by atoms with Crippen LogP contribution in [0.25, 0.3) is 11.0 Å². The molecule has 0 spiro atoms. The second-order valence-corrected chi connectivity index (χ2v) is 5.26. The molecule has 19 heavy (non-hydrogen) atoms. The lowest BCUT2D eigenvalue weighted by molar-refractivity contribution is 0.101. The summed E-state index contributed by atoms with van der Waals surface area (Å²) in [5.74, 6) is 0.108. The maximum absolute atomic E-state index is 12.2. The van der Waals surface area contributed by atoms with Crippen molar-refractivity contribution in [3.63, 3.8) is 0 Å². The molecule has 3 nitrogen and oxygen atoms in total. The van der Waals surface area contributed by atoms with E-state index in [4.69, 9.17) is 4.42 Å². The molecule has 0 fully saturated rings. The predicted molar refractivity (Wildman–Crippen MR) is 76.3 cm³/mol. The number of aryl methyl sites for hydroxylation is 1. The molecule has 3 aromatic rings. The number of hydrogen-bond donors (Lipinski definition) is 0. The van der Waals surface area contributed by atoms with Gasteiger partial charge in [-0.2, -0.15) is 0 Å². The van der Waals surface area contributed by atoms with E-state index in [-0.39, 0.29) is 5.78 Å². The van der Waals surface area contributed by atoms with Crippen molar-refractivity contribution in [2.24, 2.45) is 0 Å². The molecule has 0 bridgehead atoms. The number of nitrogens with zero attached hydrogens (tertiary/aromatic N) is 1. The molecule has 0 radical (unpaired) electrons. The lowest BCUT2D eigenvalue weighted by Crippen LogP contribution is -2.01. The zero-order chi connectivity index (χ0) is 13.4. The topological polar surface area (TPSA) is 43.1 Å². The van der Waals surface area contributed by atoms with Crippen LogP contribution in [0, 0.1) is 6.92 Å². The van der Waals surface area contributed by atoms with E-state index in [1.807, 2.05) is 25.1 Å². The average Bonchev–Trinajstić information content (AvgIpc) is 2.81. The highest BCUT2D eigenvalue weighted by atomic mass is 79.9. The first kappa shape index (κ1) is 12.1. The summed E-state index contributed by atoms with van der Waals surface area (Å²) in [5.41, 5.74) is 2.22. The molecule has 0 aliphatic carbocycles. The first-order chi connectivity index (χ1) is 9.13. The number of hydrogen-bond acceptors (Lipinski definition) is 3. The van der Waals surface area contributed by atoms with Crippen LogP contribution in [0.1, 0.15) is 21.8 Å². The van der Waals surface area contributed by atoms with Crippen LogP contribution in [0.3, 0.4) is 0 Å². The molecule has 0 aliphatic heterocycles. The Morgan fingerprint density at radius 2 is 2.05 bits per heavy atom. The van der Waals surface area contributed by atoms with Crippen molar-refractivity contribution in [1.29, 1.82) is 0 Å². The minimum atomic E-state index is -0.207. The molecule has 3 rings (SSSR count). The van der Waals surface area contributed by atoms with Gasteiger partial charge in [-0.25, -0.2) is 0 Å². The van der Waals surface area contributed by atoms with E-state index in [0.717, 1.165) is 15.4 Å². The molecule has 2 heterocycles. The Kier molecular flexibility index (Phi) is 2.95. The van der Waals surface area contributed by atoms with E-state index < -0.39 is 0 Å². The van der Waals surface area contributed by atoms with Crippen LogP contribution in [0.5, 0.6) is 0 Å². The molecule has 0 saturated carbocycles. The van der Waals surface area contributed by atoms with Crippen LogP contribution in [0.4, 0.5) is 0 Å². The number of furan rings is 1. The summed E-state index contributed by atoms with van der Waals surface area (Å²) in [6.45, 7) is 2.00. The van der Waals surface area contributed by atoms with Crippen LogP contribution >= 0.6 is 15.9 Å². The monoisotopic (exact) mass is 315 g/mol. The van der Waals surface area contributed by atoms with Crippen LogP contribution in [0.2, 0.25) is 0 Å². The summed E-state index contributed by atoms with van der Waals surface area (Å²) in [7, 11) is 0. The number of carbonyl (C=O) groups is 1. The second-order valence-electron chi connectivity index (χ2n) is 4.34. The molecule has 0 atom stereocenters. The fraction of sp³-hybridized carbons (Fsp3) is 0.0667. The van der Waals surface area contributed by atoms with Gasteiger partial charge in [0.15, 0.2) is 5.76 Å². The highest BCUT2D eigenvalue weighted by molar-refractivity contribution is 9.10. The third-order valence-corrected chi connectivity index (χ3v) is 3.32. The number of ketones is 1. The lowest BCUT2D eigenvalue weighted by Gasteiger charge is -1.96. The molecule has 2 aromatic heterocycles. The summed E-state index contributed by atoms with van der Waals surface area (Å²) in [4.78, 5) is 16.3. The van der Waals surface area contributed by atoms with Crippen LogP contribution in [0.15, 0.2) is 51.5 Å². The Morgan fingerprint density at radius 1 is 1.21 bits per heavy atom. The zero-order valence-electron chi connectivity index (χ0n) is 10.2. The van der Waals surface area contributed by atoms with Crippen molar-refractivity contribution in [1.82, 2.24) is 4.98 Å². The van der Waals surface area contributed by atoms with Crippen molar-refractivity contribution >= 4 is 32.7 Å². The average molecular weight is 316 g/mol. The van der Waals surface area contributed by atoms with Crippen molar-refractivity contribution < 1.29 is 9.21 Å². The Hall–Kier alpha value is -1.94. The molecule has 0 N–H and O–H groups in total. The molecule has 94 valence electrons. The summed E-state index contributed by atoms with van der Waals surface area (Å²) in [5, 5.41) is 0.931. The van der Waals surface area contributed by atoms with Gasteiger partial charge in [-0.1, -0.05) is 11.6 Å². The summed E-state index contributed by atoms with van der Waals surface area (Å²) in [6, 6.07) is 11.0. The molecular formula is C15H10BrNO2.